The number of barbiturate groups is 1. The molecule has 4 amide bonds. The van der Waals surface area contributed by atoms with E-state index in [0.717, 1.165) is 0 Å². The molecule has 4 N–H and O–H groups in total. The first kappa shape index (κ1) is 17.2. The summed E-state index contributed by atoms with van der Waals surface area (Å²) in [5.41, 5.74) is -0.234. The van der Waals surface area contributed by atoms with Gasteiger partial charge in [-0.05, 0) is 23.3 Å². The molecule has 7 nitrogen and oxygen atoms in total. The number of hydrogen-bond donors (Lipinski definition) is 4. The van der Waals surface area contributed by atoms with Crippen LogP contribution in [0.1, 0.15) is 23.2 Å². The van der Waals surface area contributed by atoms with Crippen LogP contribution in [0.2, 0.25) is 0 Å². The zero-order valence-corrected chi connectivity index (χ0v) is 14.9. The van der Waals surface area contributed by atoms with Crippen molar-refractivity contribution in [2.75, 3.05) is 0 Å². The second kappa shape index (κ2) is 6.48. The average Bonchev–Trinajstić information content (AvgIpc) is 2.67. The number of benzene rings is 2. The summed E-state index contributed by atoms with van der Waals surface area (Å²) in [5, 5.41) is 10.9. The van der Waals surface area contributed by atoms with Gasteiger partial charge in [0.2, 0.25) is 11.8 Å². The van der Waals surface area contributed by atoms with Gasteiger partial charge in [0.1, 0.15) is 0 Å². The number of hydrogen-bond acceptors (Lipinski definition) is 4. The highest BCUT2D eigenvalue weighted by atomic mass is 32.1. The van der Waals surface area contributed by atoms with E-state index >= 15 is 0 Å². The number of imide groups is 2. The third kappa shape index (κ3) is 2.65. The Morgan fingerprint density at radius 1 is 0.704 bits per heavy atom. The van der Waals surface area contributed by atoms with E-state index in [9.17, 15) is 14.4 Å². The van der Waals surface area contributed by atoms with Gasteiger partial charge in [-0.1, -0.05) is 60.7 Å². The van der Waals surface area contributed by atoms with Crippen LogP contribution in [0.15, 0.2) is 60.7 Å². The maximum absolute atomic E-state index is 13.2. The highest BCUT2D eigenvalue weighted by molar-refractivity contribution is 7.80. The Bertz CT molecular complexity index is 859. The number of urea groups is 1. The molecule has 2 atom stereocenters. The predicted molar refractivity (Wildman–Crippen MR) is 101 cm³/mol. The van der Waals surface area contributed by atoms with Crippen molar-refractivity contribution < 1.29 is 14.4 Å². The van der Waals surface area contributed by atoms with Crippen LogP contribution in [0.4, 0.5) is 4.79 Å². The van der Waals surface area contributed by atoms with Crippen molar-refractivity contribution in [2.24, 2.45) is 5.41 Å². The highest BCUT2D eigenvalue weighted by Crippen LogP contribution is 2.48. The molecule has 136 valence electrons. The fourth-order valence-electron chi connectivity index (χ4n) is 3.75. The summed E-state index contributed by atoms with van der Waals surface area (Å²) < 4.78 is 0. The largest absolute Gasteiger partial charge is 0.354 e. The lowest BCUT2D eigenvalue weighted by Gasteiger charge is -2.49. The summed E-state index contributed by atoms with van der Waals surface area (Å²) >= 11 is 5.36. The molecule has 2 heterocycles. The van der Waals surface area contributed by atoms with E-state index in [-0.39, 0.29) is 0 Å². The van der Waals surface area contributed by atoms with Crippen LogP contribution >= 0.6 is 12.2 Å². The minimum Gasteiger partial charge on any atom is -0.354 e. The van der Waals surface area contributed by atoms with Gasteiger partial charge in [0.15, 0.2) is 10.5 Å². The number of nitrogens with one attached hydrogen (secondary N) is 4. The molecule has 0 radical (unpaired) electrons. The maximum atomic E-state index is 13.2. The van der Waals surface area contributed by atoms with E-state index in [4.69, 9.17) is 12.2 Å². The zero-order valence-electron chi connectivity index (χ0n) is 14.1. The number of rotatable bonds is 2. The molecule has 2 aromatic rings. The second-order valence-electron chi connectivity index (χ2n) is 6.41. The number of thiocarbonyl (C=S) groups is 1. The summed E-state index contributed by atoms with van der Waals surface area (Å²) in [6.45, 7) is 0. The van der Waals surface area contributed by atoms with Gasteiger partial charge in [-0.2, -0.15) is 0 Å². The lowest BCUT2D eigenvalue weighted by molar-refractivity contribution is -0.149. The molecule has 0 bridgehead atoms. The first-order valence-electron chi connectivity index (χ1n) is 8.37. The molecule has 27 heavy (non-hydrogen) atoms. The lowest BCUT2D eigenvalue weighted by Crippen LogP contribution is -2.73. The van der Waals surface area contributed by atoms with Crippen molar-refractivity contribution in [1.82, 2.24) is 21.3 Å². The fraction of sp³-hybridized carbons (Fsp3) is 0.158. The number of carbonyl (C=O) groups excluding carboxylic acids is 3. The third-order valence-corrected chi connectivity index (χ3v) is 5.17. The van der Waals surface area contributed by atoms with E-state index in [1.807, 2.05) is 60.7 Å². The van der Waals surface area contributed by atoms with Gasteiger partial charge in [-0.25, -0.2) is 4.79 Å². The molecule has 1 spiro atoms. The van der Waals surface area contributed by atoms with Gasteiger partial charge in [0.05, 0.1) is 12.1 Å². The summed E-state index contributed by atoms with van der Waals surface area (Å²) in [7, 11) is 0. The van der Waals surface area contributed by atoms with E-state index in [1.54, 1.807) is 0 Å². The van der Waals surface area contributed by atoms with Crippen LogP contribution in [0.5, 0.6) is 0 Å². The van der Waals surface area contributed by atoms with Crippen LogP contribution in [0, 0.1) is 5.41 Å². The molecule has 0 aromatic heterocycles. The monoisotopic (exact) mass is 380 g/mol. The zero-order chi connectivity index (χ0) is 19.0. The van der Waals surface area contributed by atoms with Crippen LogP contribution in [0.3, 0.4) is 0 Å². The smallest absolute Gasteiger partial charge is 0.328 e. The third-order valence-electron chi connectivity index (χ3n) is 4.93. The van der Waals surface area contributed by atoms with Crippen LogP contribution in [-0.4, -0.2) is 23.0 Å². The van der Waals surface area contributed by atoms with Crippen molar-refractivity contribution in [3.63, 3.8) is 0 Å². The van der Waals surface area contributed by atoms with Crippen molar-refractivity contribution in [2.45, 2.75) is 12.1 Å². The first-order chi connectivity index (χ1) is 13.0. The highest BCUT2D eigenvalue weighted by Gasteiger charge is 2.63. The molecule has 2 aromatic carbocycles. The van der Waals surface area contributed by atoms with Crippen molar-refractivity contribution in [1.29, 1.82) is 0 Å². The Kier molecular flexibility index (Phi) is 4.12. The van der Waals surface area contributed by atoms with Crippen LogP contribution in [-0.2, 0) is 9.59 Å². The predicted octanol–water partition coefficient (Wildman–Crippen LogP) is 1.30. The normalized spacial score (nSPS) is 23.9. The second-order valence-corrected chi connectivity index (χ2v) is 6.82. The van der Waals surface area contributed by atoms with E-state index in [2.05, 4.69) is 21.3 Å². The summed E-state index contributed by atoms with van der Waals surface area (Å²) in [6.07, 6.45) is 0. The van der Waals surface area contributed by atoms with Gasteiger partial charge in [0.25, 0.3) is 0 Å². The minimum atomic E-state index is -1.65. The molecular weight excluding hydrogens is 364 g/mol. The summed E-state index contributed by atoms with van der Waals surface area (Å²) in [6, 6.07) is 15.8. The average molecular weight is 380 g/mol. The summed E-state index contributed by atoms with van der Waals surface area (Å²) in [5.74, 6) is -1.36. The SMILES string of the molecule is O=C1NC(=O)C2(C(=O)N1)[C@@H](c1ccccc1)NC(=S)N[C@H]2c1ccccc1. The van der Waals surface area contributed by atoms with E-state index in [1.165, 1.54) is 0 Å². The van der Waals surface area contributed by atoms with Gasteiger partial charge >= 0.3 is 6.03 Å². The Morgan fingerprint density at radius 3 is 1.52 bits per heavy atom. The number of amides is 4. The molecule has 2 saturated heterocycles. The quantitative estimate of drug-likeness (QED) is 0.463. The van der Waals surface area contributed by atoms with Crippen LogP contribution < -0.4 is 21.3 Å². The van der Waals surface area contributed by atoms with Gasteiger partial charge in [-0.15, -0.1) is 0 Å². The van der Waals surface area contributed by atoms with Gasteiger partial charge in [0, 0.05) is 0 Å². The molecule has 0 saturated carbocycles. The fourth-order valence-corrected chi connectivity index (χ4v) is 3.99. The van der Waals surface area contributed by atoms with E-state index in [0.29, 0.717) is 16.2 Å². The standard InChI is InChI=1S/C19H16N4O3S/c24-15-19(16(25)23-17(26)22-15)13(11-7-3-1-4-8-11)20-18(27)21-14(19)12-9-5-2-6-10-12/h1-10,13-14H,(H2,20,21,27)(H2,22,23,24,25,26)/t13-,14+. The molecule has 8 heteroatoms. The molecule has 0 unspecified atom stereocenters. The van der Waals surface area contributed by atoms with Gasteiger partial charge in [-0.3, -0.25) is 20.2 Å². The van der Waals surface area contributed by atoms with Gasteiger partial charge < -0.3 is 10.6 Å². The van der Waals surface area contributed by atoms with E-state index < -0.39 is 35.3 Å². The Balaban J connectivity index is 1.95. The first-order valence-corrected chi connectivity index (χ1v) is 8.78. The van der Waals surface area contributed by atoms with Crippen molar-refractivity contribution in [3.05, 3.63) is 71.8 Å². The number of carbonyl (C=O) groups is 3. The lowest BCUT2D eigenvalue weighted by atomic mass is 9.66. The molecular formula is C19H16N4O3S. The molecule has 4 rings (SSSR count). The minimum absolute atomic E-state index is 0.320. The maximum Gasteiger partial charge on any atom is 0.328 e. The Labute approximate surface area is 160 Å². The molecule has 2 aliphatic rings. The summed E-state index contributed by atoms with van der Waals surface area (Å²) in [4.78, 5) is 38.0. The van der Waals surface area contributed by atoms with Crippen molar-refractivity contribution in [3.8, 4) is 0 Å². The van der Waals surface area contributed by atoms with Crippen molar-refractivity contribution >= 4 is 35.2 Å². The Morgan fingerprint density at radius 2 is 1.11 bits per heavy atom. The molecule has 2 aliphatic heterocycles. The molecule has 0 aliphatic carbocycles. The Hall–Kier alpha value is -3.26. The van der Waals surface area contributed by atoms with Crippen LogP contribution in [0.25, 0.3) is 0 Å². The molecule has 2 fully saturated rings. The topological polar surface area (TPSA) is 99.3 Å².